The molecule has 9 nitrogen and oxygen atoms in total. The summed E-state index contributed by atoms with van der Waals surface area (Å²) in [6.45, 7) is 3.03. The van der Waals surface area contributed by atoms with E-state index in [1.807, 2.05) is 0 Å². The van der Waals surface area contributed by atoms with Gasteiger partial charge in [-0.15, -0.1) is 0 Å². The number of aliphatic carboxylic acids is 1. The number of hydrogen-bond donors (Lipinski definition) is 4. The number of carbonyl (C=O) groups excluding carboxylic acids is 3. The van der Waals surface area contributed by atoms with Crippen LogP contribution in [-0.4, -0.2) is 65.5 Å². The molecule has 1 fully saturated rings. The van der Waals surface area contributed by atoms with Crippen LogP contribution in [0.3, 0.4) is 0 Å². The third kappa shape index (κ3) is 3.84. The Balaban J connectivity index is 2.48. The Morgan fingerprint density at radius 1 is 1.30 bits per heavy atom. The van der Waals surface area contributed by atoms with Crippen molar-refractivity contribution in [1.82, 2.24) is 20.9 Å². The molecule has 0 spiro atoms. The Morgan fingerprint density at radius 3 is 2.55 bits per heavy atom. The van der Waals surface area contributed by atoms with Gasteiger partial charge in [0, 0.05) is 13.1 Å². The van der Waals surface area contributed by atoms with E-state index in [2.05, 4.69) is 16.0 Å². The van der Waals surface area contributed by atoms with E-state index in [4.69, 9.17) is 5.11 Å². The highest BCUT2D eigenvalue weighted by Crippen LogP contribution is 2.17. The third-order valence-corrected chi connectivity index (χ3v) is 2.93. The summed E-state index contributed by atoms with van der Waals surface area (Å²) in [4.78, 5) is 46.5. The SMILES string of the molecule is CC1(C)C(=O)NCCN1C(=O)NCC(=O)NCC(=O)O. The average Bonchev–Trinajstić information content (AvgIpc) is 2.36. The molecular weight excluding hydrogens is 268 g/mol. The van der Waals surface area contributed by atoms with Crippen LogP contribution < -0.4 is 16.0 Å². The lowest BCUT2D eigenvalue weighted by atomic mass is 9.99. The molecule has 20 heavy (non-hydrogen) atoms. The number of nitrogens with zero attached hydrogens (tertiary/aromatic N) is 1. The zero-order chi connectivity index (χ0) is 15.3. The first-order valence-corrected chi connectivity index (χ1v) is 6.07. The van der Waals surface area contributed by atoms with Crippen LogP contribution in [-0.2, 0) is 14.4 Å². The number of urea groups is 1. The van der Waals surface area contributed by atoms with E-state index >= 15 is 0 Å². The normalized spacial score (nSPS) is 17.1. The van der Waals surface area contributed by atoms with Crippen LogP contribution in [0.25, 0.3) is 0 Å². The Hall–Kier alpha value is -2.32. The lowest BCUT2D eigenvalue weighted by molar-refractivity contribution is -0.137. The van der Waals surface area contributed by atoms with Crippen molar-refractivity contribution in [2.45, 2.75) is 19.4 Å². The number of amides is 4. The second-order valence-electron chi connectivity index (χ2n) is 4.80. The highest BCUT2D eigenvalue weighted by atomic mass is 16.4. The van der Waals surface area contributed by atoms with Crippen molar-refractivity contribution in [3.63, 3.8) is 0 Å². The first-order chi connectivity index (χ1) is 9.25. The molecule has 1 aliphatic rings. The van der Waals surface area contributed by atoms with Gasteiger partial charge in [0.25, 0.3) is 0 Å². The van der Waals surface area contributed by atoms with Gasteiger partial charge in [0.1, 0.15) is 12.1 Å². The number of carbonyl (C=O) groups is 4. The van der Waals surface area contributed by atoms with Crippen molar-refractivity contribution in [2.75, 3.05) is 26.2 Å². The maximum atomic E-state index is 11.9. The smallest absolute Gasteiger partial charge is 0.322 e. The van der Waals surface area contributed by atoms with Gasteiger partial charge in [0.2, 0.25) is 11.8 Å². The van der Waals surface area contributed by atoms with Crippen LogP contribution >= 0.6 is 0 Å². The molecule has 0 bridgehead atoms. The minimum absolute atomic E-state index is 0.269. The van der Waals surface area contributed by atoms with E-state index in [9.17, 15) is 19.2 Å². The summed E-state index contributed by atoms with van der Waals surface area (Å²) in [6.07, 6.45) is 0. The van der Waals surface area contributed by atoms with Crippen LogP contribution in [0.15, 0.2) is 0 Å². The Morgan fingerprint density at radius 2 is 1.95 bits per heavy atom. The fourth-order valence-electron chi connectivity index (χ4n) is 1.74. The van der Waals surface area contributed by atoms with Crippen LogP contribution in [0.4, 0.5) is 4.79 Å². The highest BCUT2D eigenvalue weighted by Gasteiger charge is 2.40. The molecule has 1 saturated heterocycles. The average molecular weight is 286 g/mol. The van der Waals surface area contributed by atoms with E-state index in [-0.39, 0.29) is 12.5 Å². The molecule has 0 aromatic carbocycles. The summed E-state index contributed by atoms with van der Waals surface area (Å²) in [5.41, 5.74) is -1.00. The highest BCUT2D eigenvalue weighted by molar-refractivity contribution is 5.92. The van der Waals surface area contributed by atoms with Crippen molar-refractivity contribution in [1.29, 1.82) is 0 Å². The van der Waals surface area contributed by atoms with E-state index < -0.39 is 30.0 Å². The minimum Gasteiger partial charge on any atom is -0.480 e. The fraction of sp³-hybridized carbons (Fsp3) is 0.636. The van der Waals surface area contributed by atoms with Gasteiger partial charge in [0.15, 0.2) is 0 Å². The van der Waals surface area contributed by atoms with Crippen LogP contribution in [0.2, 0.25) is 0 Å². The lowest BCUT2D eigenvalue weighted by Crippen LogP contribution is -2.65. The molecular formula is C11H18N4O5. The topological polar surface area (TPSA) is 128 Å². The van der Waals surface area contributed by atoms with Gasteiger partial charge in [0.05, 0.1) is 6.54 Å². The van der Waals surface area contributed by atoms with E-state index in [0.29, 0.717) is 13.1 Å². The number of carboxylic acid groups (broad SMARTS) is 1. The first kappa shape index (κ1) is 15.7. The first-order valence-electron chi connectivity index (χ1n) is 6.07. The van der Waals surface area contributed by atoms with Gasteiger partial charge in [-0.05, 0) is 13.8 Å². The van der Waals surface area contributed by atoms with Gasteiger partial charge < -0.3 is 26.0 Å². The van der Waals surface area contributed by atoms with Gasteiger partial charge >= 0.3 is 12.0 Å². The predicted octanol–water partition coefficient (Wildman–Crippen LogP) is -1.89. The number of rotatable bonds is 4. The zero-order valence-electron chi connectivity index (χ0n) is 11.4. The molecule has 0 aliphatic carbocycles. The summed E-state index contributed by atoms with van der Waals surface area (Å²) in [5, 5.41) is 15.5. The van der Waals surface area contributed by atoms with Gasteiger partial charge in [-0.1, -0.05) is 0 Å². The maximum absolute atomic E-state index is 11.9. The molecule has 0 saturated carbocycles. The molecule has 0 atom stereocenters. The largest absolute Gasteiger partial charge is 0.480 e. The second kappa shape index (κ2) is 6.22. The Kier molecular flexibility index (Phi) is 4.89. The number of nitrogens with one attached hydrogen (secondary N) is 3. The molecule has 1 rings (SSSR count). The van der Waals surface area contributed by atoms with Gasteiger partial charge in [-0.3, -0.25) is 14.4 Å². The molecule has 9 heteroatoms. The zero-order valence-corrected chi connectivity index (χ0v) is 11.4. The monoisotopic (exact) mass is 286 g/mol. The number of hydrogen-bond acceptors (Lipinski definition) is 4. The third-order valence-electron chi connectivity index (χ3n) is 2.93. The molecule has 1 aliphatic heterocycles. The van der Waals surface area contributed by atoms with Crippen molar-refractivity contribution in [3.05, 3.63) is 0 Å². The molecule has 0 radical (unpaired) electrons. The summed E-state index contributed by atoms with van der Waals surface area (Å²) in [7, 11) is 0. The number of carboxylic acids is 1. The molecule has 112 valence electrons. The van der Waals surface area contributed by atoms with E-state index in [1.165, 1.54) is 4.90 Å². The van der Waals surface area contributed by atoms with Gasteiger partial charge in [-0.2, -0.15) is 0 Å². The Bertz CT molecular complexity index is 435. The molecule has 0 aromatic heterocycles. The maximum Gasteiger partial charge on any atom is 0.322 e. The van der Waals surface area contributed by atoms with Gasteiger partial charge in [-0.25, -0.2) is 4.79 Å². The standard InChI is InChI=1S/C11H18N4O5/c1-11(2)9(19)12-3-4-15(11)10(20)14-5-7(16)13-6-8(17)18/h3-6H2,1-2H3,(H,12,19)(H,13,16)(H,14,20)(H,17,18). The molecule has 0 aromatic rings. The molecule has 1 heterocycles. The molecule has 4 N–H and O–H groups in total. The molecule has 0 unspecified atom stereocenters. The van der Waals surface area contributed by atoms with Crippen LogP contribution in [0, 0.1) is 0 Å². The van der Waals surface area contributed by atoms with Crippen molar-refractivity contribution in [3.8, 4) is 0 Å². The second-order valence-corrected chi connectivity index (χ2v) is 4.80. The summed E-state index contributed by atoms with van der Waals surface area (Å²) in [5.74, 6) is -2.05. The van der Waals surface area contributed by atoms with Crippen molar-refractivity contribution in [2.24, 2.45) is 0 Å². The van der Waals surface area contributed by atoms with E-state index in [0.717, 1.165) is 0 Å². The lowest BCUT2D eigenvalue weighted by Gasteiger charge is -2.40. The van der Waals surface area contributed by atoms with Crippen molar-refractivity contribution < 1.29 is 24.3 Å². The van der Waals surface area contributed by atoms with Crippen LogP contribution in [0.1, 0.15) is 13.8 Å². The minimum atomic E-state index is -1.17. The fourth-order valence-corrected chi connectivity index (χ4v) is 1.74. The number of piperazine rings is 1. The van der Waals surface area contributed by atoms with E-state index in [1.54, 1.807) is 13.8 Å². The van der Waals surface area contributed by atoms with Crippen molar-refractivity contribution >= 4 is 23.8 Å². The quantitative estimate of drug-likeness (QED) is 0.480. The van der Waals surface area contributed by atoms with Crippen LogP contribution in [0.5, 0.6) is 0 Å². The summed E-state index contributed by atoms with van der Waals surface area (Å²) >= 11 is 0. The summed E-state index contributed by atoms with van der Waals surface area (Å²) in [6, 6.07) is -0.546. The Labute approximate surface area is 115 Å². The summed E-state index contributed by atoms with van der Waals surface area (Å²) < 4.78 is 0. The molecule has 4 amide bonds. The predicted molar refractivity (Wildman–Crippen MR) is 67.8 cm³/mol.